The molecule has 118 valence electrons. The molecule has 0 aliphatic heterocycles. The maximum Gasteiger partial charge on any atom is 0.323 e. The van der Waals surface area contributed by atoms with Crippen LogP contribution in [0, 0.1) is 6.92 Å². The fraction of sp³-hybridized carbons (Fsp3) is 0.133. The highest BCUT2D eigenvalue weighted by molar-refractivity contribution is 7.15. The molecule has 0 spiro atoms. The summed E-state index contributed by atoms with van der Waals surface area (Å²) in [7, 11) is 1.55. The Hall–Kier alpha value is -2.87. The molecular formula is C15H14N4O3S. The fourth-order valence-electron chi connectivity index (χ4n) is 2.10. The lowest BCUT2D eigenvalue weighted by molar-refractivity contribution is 0.262. The number of benzene rings is 1. The molecule has 0 bridgehead atoms. The van der Waals surface area contributed by atoms with Crippen LogP contribution in [0.2, 0.25) is 0 Å². The first-order valence-corrected chi connectivity index (χ1v) is 7.65. The van der Waals surface area contributed by atoms with E-state index < -0.39 is 6.03 Å². The summed E-state index contributed by atoms with van der Waals surface area (Å²) in [5.74, 6) is 0.625. The van der Waals surface area contributed by atoms with Crippen molar-refractivity contribution in [1.82, 2.24) is 9.38 Å². The molecule has 0 saturated carbocycles. The Morgan fingerprint density at radius 3 is 2.96 bits per heavy atom. The van der Waals surface area contributed by atoms with Gasteiger partial charge in [0.25, 0.3) is 5.56 Å². The average Bonchev–Trinajstić information content (AvgIpc) is 3.00. The predicted octanol–water partition coefficient (Wildman–Crippen LogP) is 2.72. The number of rotatable bonds is 3. The highest BCUT2D eigenvalue weighted by Crippen LogP contribution is 2.17. The topological polar surface area (TPSA) is 84.7 Å². The molecule has 2 heterocycles. The van der Waals surface area contributed by atoms with Crippen LogP contribution in [0.5, 0.6) is 5.75 Å². The van der Waals surface area contributed by atoms with Crippen LogP contribution < -0.4 is 20.9 Å². The minimum absolute atomic E-state index is 0.154. The molecule has 7 nitrogen and oxygen atoms in total. The van der Waals surface area contributed by atoms with Gasteiger partial charge in [-0.2, -0.15) is 0 Å². The molecule has 8 heteroatoms. The van der Waals surface area contributed by atoms with Gasteiger partial charge in [0.1, 0.15) is 11.4 Å². The van der Waals surface area contributed by atoms with Gasteiger partial charge in [0, 0.05) is 23.3 Å². The Morgan fingerprint density at radius 2 is 2.17 bits per heavy atom. The largest absolute Gasteiger partial charge is 0.497 e. The van der Waals surface area contributed by atoms with Gasteiger partial charge >= 0.3 is 6.03 Å². The lowest BCUT2D eigenvalue weighted by atomic mass is 10.3. The predicted molar refractivity (Wildman–Crippen MR) is 89.7 cm³/mol. The zero-order valence-corrected chi connectivity index (χ0v) is 13.3. The second-order valence-electron chi connectivity index (χ2n) is 4.74. The summed E-state index contributed by atoms with van der Waals surface area (Å²) in [5.41, 5.74) is 0.873. The number of methoxy groups -OCH3 is 1. The van der Waals surface area contributed by atoms with E-state index in [1.54, 1.807) is 49.9 Å². The molecule has 3 aromatic rings. The van der Waals surface area contributed by atoms with Gasteiger partial charge in [-0.25, -0.2) is 9.78 Å². The minimum Gasteiger partial charge on any atom is -0.497 e. The van der Waals surface area contributed by atoms with E-state index in [1.165, 1.54) is 15.7 Å². The summed E-state index contributed by atoms with van der Waals surface area (Å²) in [6.07, 6.45) is 1.62. The summed E-state index contributed by atoms with van der Waals surface area (Å²) >= 11 is 1.36. The molecule has 3 rings (SSSR count). The van der Waals surface area contributed by atoms with E-state index in [1.807, 2.05) is 0 Å². The molecule has 0 fully saturated rings. The van der Waals surface area contributed by atoms with Crippen LogP contribution in [-0.4, -0.2) is 22.5 Å². The normalized spacial score (nSPS) is 10.5. The quantitative estimate of drug-likeness (QED) is 0.773. The van der Waals surface area contributed by atoms with E-state index in [2.05, 4.69) is 15.6 Å². The minimum atomic E-state index is -0.518. The third-order valence-corrected chi connectivity index (χ3v) is 3.97. The third kappa shape index (κ3) is 3.02. The van der Waals surface area contributed by atoms with E-state index >= 15 is 0 Å². The molecule has 1 aromatic carbocycles. The first-order valence-electron chi connectivity index (χ1n) is 6.77. The molecule has 0 aliphatic rings. The maximum atomic E-state index is 12.4. The van der Waals surface area contributed by atoms with Crippen molar-refractivity contribution in [3.8, 4) is 5.75 Å². The number of aromatic nitrogens is 2. The zero-order chi connectivity index (χ0) is 16.4. The molecular weight excluding hydrogens is 316 g/mol. The molecule has 0 atom stereocenters. The molecule has 0 radical (unpaired) electrons. The number of thiazole rings is 1. The number of amides is 2. The van der Waals surface area contributed by atoms with Crippen LogP contribution in [0.1, 0.15) is 5.69 Å². The summed E-state index contributed by atoms with van der Waals surface area (Å²) in [6.45, 7) is 1.68. The zero-order valence-electron chi connectivity index (χ0n) is 12.5. The summed E-state index contributed by atoms with van der Waals surface area (Å²) in [5, 5.41) is 6.99. The molecule has 0 unspecified atom stereocenters. The second-order valence-corrected chi connectivity index (χ2v) is 5.62. The fourth-order valence-corrected chi connectivity index (χ4v) is 2.85. The van der Waals surface area contributed by atoms with Gasteiger partial charge in [-0.05, 0) is 19.1 Å². The Bertz CT molecular complexity index is 932. The molecule has 0 aliphatic carbocycles. The molecule has 2 N–H and O–H groups in total. The third-order valence-electron chi connectivity index (χ3n) is 3.21. The SMILES string of the molecule is COc1cccc(NC(=O)Nc2c(C)nc3sccn3c2=O)c1. The Labute approximate surface area is 135 Å². The number of ether oxygens (including phenoxy) is 1. The van der Waals surface area contributed by atoms with Crippen molar-refractivity contribution in [2.45, 2.75) is 6.92 Å². The number of aryl methyl sites for hydroxylation is 1. The molecule has 23 heavy (non-hydrogen) atoms. The molecule has 2 aromatic heterocycles. The van der Waals surface area contributed by atoms with Gasteiger partial charge in [-0.3, -0.25) is 9.20 Å². The average molecular weight is 330 g/mol. The number of hydrogen-bond acceptors (Lipinski definition) is 5. The van der Waals surface area contributed by atoms with E-state index in [0.29, 0.717) is 22.1 Å². The lowest BCUT2D eigenvalue weighted by Crippen LogP contribution is -2.27. The van der Waals surface area contributed by atoms with Gasteiger partial charge in [-0.1, -0.05) is 6.07 Å². The van der Waals surface area contributed by atoms with Crippen molar-refractivity contribution in [1.29, 1.82) is 0 Å². The van der Waals surface area contributed by atoms with Crippen LogP contribution in [-0.2, 0) is 0 Å². The van der Waals surface area contributed by atoms with Crippen molar-refractivity contribution in [2.75, 3.05) is 17.7 Å². The van der Waals surface area contributed by atoms with E-state index in [9.17, 15) is 9.59 Å². The summed E-state index contributed by atoms with van der Waals surface area (Å²) < 4.78 is 6.50. The number of nitrogens with zero attached hydrogens (tertiary/aromatic N) is 2. The van der Waals surface area contributed by atoms with Crippen molar-refractivity contribution in [3.05, 3.63) is 51.9 Å². The maximum absolute atomic E-state index is 12.4. The van der Waals surface area contributed by atoms with Crippen molar-refractivity contribution < 1.29 is 9.53 Å². The molecule has 0 saturated heterocycles. The number of carbonyl (C=O) groups excluding carboxylic acids is 1. The summed E-state index contributed by atoms with van der Waals surface area (Å²) in [4.78, 5) is 29.4. The number of nitrogens with one attached hydrogen (secondary N) is 2. The van der Waals surface area contributed by atoms with Gasteiger partial charge in [0.05, 0.1) is 12.8 Å². The Kier molecular flexibility index (Phi) is 3.98. The second kappa shape index (κ2) is 6.09. The van der Waals surface area contributed by atoms with Crippen molar-refractivity contribution in [2.24, 2.45) is 0 Å². The van der Waals surface area contributed by atoms with Crippen molar-refractivity contribution in [3.63, 3.8) is 0 Å². The number of urea groups is 1. The lowest BCUT2D eigenvalue weighted by Gasteiger charge is -2.10. The van der Waals surface area contributed by atoms with E-state index in [4.69, 9.17) is 4.74 Å². The number of carbonyl (C=O) groups is 1. The number of anilines is 2. The van der Waals surface area contributed by atoms with Crippen LogP contribution in [0.4, 0.5) is 16.2 Å². The van der Waals surface area contributed by atoms with Gasteiger partial charge in [-0.15, -0.1) is 11.3 Å². The van der Waals surface area contributed by atoms with Crippen LogP contribution in [0.15, 0.2) is 40.6 Å². The van der Waals surface area contributed by atoms with E-state index in [0.717, 1.165) is 0 Å². The van der Waals surface area contributed by atoms with Gasteiger partial charge < -0.3 is 15.4 Å². The van der Waals surface area contributed by atoms with Crippen LogP contribution >= 0.6 is 11.3 Å². The Balaban J connectivity index is 1.84. The Morgan fingerprint density at radius 1 is 1.35 bits per heavy atom. The standard InChI is InChI=1S/C15H14N4O3S/c1-9-12(13(20)19-6-7-23-15(19)16-9)18-14(21)17-10-4-3-5-11(8-10)22-2/h3-8H,1-2H3,(H2,17,18,21). The highest BCUT2D eigenvalue weighted by Gasteiger charge is 2.13. The number of fused-ring (bicyclic) bond motifs is 1. The highest BCUT2D eigenvalue weighted by atomic mass is 32.1. The monoisotopic (exact) mass is 330 g/mol. The summed E-state index contributed by atoms with van der Waals surface area (Å²) in [6, 6.07) is 6.42. The first-order chi connectivity index (χ1) is 11.1. The van der Waals surface area contributed by atoms with Crippen molar-refractivity contribution >= 4 is 33.7 Å². The van der Waals surface area contributed by atoms with Crippen LogP contribution in [0.3, 0.4) is 0 Å². The van der Waals surface area contributed by atoms with Gasteiger partial charge in [0.15, 0.2) is 4.96 Å². The molecule has 2 amide bonds. The van der Waals surface area contributed by atoms with E-state index in [-0.39, 0.29) is 11.2 Å². The number of hydrogen-bond donors (Lipinski definition) is 2. The smallest absolute Gasteiger partial charge is 0.323 e. The van der Waals surface area contributed by atoms with Crippen LogP contribution in [0.25, 0.3) is 4.96 Å². The first kappa shape index (κ1) is 15.0. The van der Waals surface area contributed by atoms with Gasteiger partial charge in [0.2, 0.25) is 0 Å².